The molecule has 2 N–H and O–H groups in total. The number of fused-ring (bicyclic) bond motifs is 1. The first kappa shape index (κ1) is 25.2. The number of hydrogen-bond donors (Lipinski definition) is 2. The van der Waals surface area contributed by atoms with Crippen molar-refractivity contribution in [3.05, 3.63) is 111 Å². The first-order valence-electron chi connectivity index (χ1n) is 12.9. The molecule has 0 aliphatic heterocycles. The van der Waals surface area contributed by atoms with E-state index in [-0.39, 0.29) is 24.1 Å². The molecule has 0 saturated carbocycles. The number of aryl methyl sites for hydroxylation is 3. The normalized spacial score (nSPS) is 11.3. The number of rotatable bonds is 6. The minimum atomic E-state index is -0.213. The van der Waals surface area contributed by atoms with E-state index >= 15 is 0 Å². The molecule has 5 rings (SSSR count). The van der Waals surface area contributed by atoms with Crippen LogP contribution < -0.4 is 10.9 Å². The van der Waals surface area contributed by atoms with Crippen LogP contribution in [0.3, 0.4) is 0 Å². The minimum absolute atomic E-state index is 0.156. The number of aromatic nitrogens is 3. The van der Waals surface area contributed by atoms with Crippen LogP contribution in [0.4, 0.5) is 0 Å². The monoisotopic (exact) mass is 504 g/mol. The highest BCUT2D eigenvalue weighted by Gasteiger charge is 2.19. The summed E-state index contributed by atoms with van der Waals surface area (Å²) in [7, 11) is 0. The second-order valence-corrected chi connectivity index (χ2v) is 10.2. The van der Waals surface area contributed by atoms with Gasteiger partial charge in [0.05, 0.1) is 5.69 Å². The third-order valence-corrected chi connectivity index (χ3v) is 7.01. The summed E-state index contributed by atoms with van der Waals surface area (Å²) in [5.74, 6) is -0.213. The summed E-state index contributed by atoms with van der Waals surface area (Å²) in [4.78, 5) is 33.7. The molecule has 0 radical (unpaired) electrons. The summed E-state index contributed by atoms with van der Waals surface area (Å²) in [6.07, 6.45) is 3.96. The molecule has 1 amide bonds. The predicted molar refractivity (Wildman–Crippen MR) is 153 cm³/mol. The third kappa shape index (κ3) is 4.77. The number of hydrogen-bond acceptors (Lipinski definition) is 3. The number of H-pyrrole nitrogens is 1. The molecule has 6 nitrogen and oxygen atoms in total. The Bertz CT molecular complexity index is 1690. The lowest BCUT2D eigenvalue weighted by Crippen LogP contribution is -2.28. The van der Waals surface area contributed by atoms with Crippen LogP contribution in [0.25, 0.3) is 33.3 Å². The van der Waals surface area contributed by atoms with Gasteiger partial charge < -0.3 is 14.9 Å². The summed E-state index contributed by atoms with van der Waals surface area (Å²) in [5, 5.41) is 3.92. The van der Waals surface area contributed by atoms with Gasteiger partial charge in [0.2, 0.25) is 0 Å². The number of nitrogens with zero attached hydrogens (tertiary/aromatic N) is 2. The Hall–Kier alpha value is -4.45. The Balaban J connectivity index is 1.56. The van der Waals surface area contributed by atoms with Crippen molar-refractivity contribution in [2.75, 3.05) is 0 Å². The van der Waals surface area contributed by atoms with Gasteiger partial charge in [0.1, 0.15) is 0 Å². The molecule has 0 atom stereocenters. The highest BCUT2D eigenvalue weighted by molar-refractivity contribution is 6.09. The molecular formula is C32H32N4O2. The van der Waals surface area contributed by atoms with Crippen molar-refractivity contribution < 1.29 is 4.79 Å². The molecule has 3 heterocycles. The van der Waals surface area contributed by atoms with Crippen molar-refractivity contribution in [3.63, 3.8) is 0 Å². The Morgan fingerprint density at radius 1 is 0.947 bits per heavy atom. The zero-order valence-corrected chi connectivity index (χ0v) is 22.4. The van der Waals surface area contributed by atoms with Gasteiger partial charge >= 0.3 is 0 Å². The number of aromatic amines is 1. The quantitative estimate of drug-likeness (QED) is 0.277. The molecule has 0 saturated heterocycles. The fraction of sp³-hybridized carbons (Fsp3) is 0.219. The van der Waals surface area contributed by atoms with E-state index in [0.29, 0.717) is 11.1 Å². The van der Waals surface area contributed by atoms with E-state index in [4.69, 9.17) is 4.98 Å². The molecule has 5 aromatic rings. The maximum absolute atomic E-state index is 13.6. The number of nitrogens with one attached hydrogen (secondary N) is 2. The van der Waals surface area contributed by atoms with Crippen LogP contribution in [0.2, 0.25) is 0 Å². The second-order valence-electron chi connectivity index (χ2n) is 10.2. The number of benzene rings is 2. The predicted octanol–water partition coefficient (Wildman–Crippen LogP) is 6.49. The Kier molecular flexibility index (Phi) is 6.72. The average molecular weight is 505 g/mol. The van der Waals surface area contributed by atoms with Gasteiger partial charge in [-0.15, -0.1) is 0 Å². The van der Waals surface area contributed by atoms with E-state index in [1.54, 1.807) is 0 Å². The zero-order valence-electron chi connectivity index (χ0n) is 22.4. The van der Waals surface area contributed by atoms with E-state index in [1.165, 1.54) is 0 Å². The van der Waals surface area contributed by atoms with Crippen molar-refractivity contribution in [2.45, 2.75) is 47.2 Å². The topological polar surface area (TPSA) is 79.8 Å². The second kappa shape index (κ2) is 10.1. The lowest BCUT2D eigenvalue weighted by Gasteiger charge is -2.14. The Labute approximate surface area is 222 Å². The molecule has 6 heteroatoms. The standard InChI is InChI=1S/C32H32N4O2/c1-19(2)36-18-21(4)30-26(31(37)34-17-27-20(3)13-22(5)35-32(27)38)14-25(15-29(30)36)24-11-12-28(33-16-24)23-9-7-6-8-10-23/h6-16,18-19H,17H2,1-5H3,(H,34,37)(H,35,38). The lowest BCUT2D eigenvalue weighted by molar-refractivity contribution is 0.0952. The molecule has 0 spiro atoms. The highest BCUT2D eigenvalue weighted by atomic mass is 16.1. The van der Waals surface area contributed by atoms with Crippen LogP contribution in [-0.2, 0) is 6.54 Å². The van der Waals surface area contributed by atoms with E-state index in [9.17, 15) is 9.59 Å². The van der Waals surface area contributed by atoms with Crippen LogP contribution in [0.15, 0.2) is 77.9 Å². The fourth-order valence-electron chi connectivity index (χ4n) is 5.07. The van der Waals surface area contributed by atoms with Gasteiger partial charge in [-0.1, -0.05) is 36.4 Å². The largest absolute Gasteiger partial charge is 0.348 e. The van der Waals surface area contributed by atoms with Gasteiger partial charge in [-0.3, -0.25) is 14.6 Å². The number of pyridine rings is 2. The van der Waals surface area contributed by atoms with Crippen LogP contribution in [-0.4, -0.2) is 20.4 Å². The van der Waals surface area contributed by atoms with Crippen LogP contribution in [0.1, 0.15) is 52.6 Å². The number of carbonyl (C=O) groups is 1. The van der Waals surface area contributed by atoms with Crippen LogP contribution >= 0.6 is 0 Å². The summed E-state index contributed by atoms with van der Waals surface area (Å²) < 4.78 is 2.20. The molecule has 0 aliphatic rings. The molecule has 192 valence electrons. The fourth-order valence-corrected chi connectivity index (χ4v) is 5.07. The van der Waals surface area contributed by atoms with Gasteiger partial charge in [0, 0.05) is 63.8 Å². The van der Waals surface area contributed by atoms with E-state index in [1.807, 2.05) is 81.6 Å². The number of amides is 1. The zero-order chi connectivity index (χ0) is 27.0. The maximum Gasteiger partial charge on any atom is 0.253 e. The first-order valence-corrected chi connectivity index (χ1v) is 12.9. The van der Waals surface area contributed by atoms with Crippen molar-refractivity contribution in [1.29, 1.82) is 0 Å². The summed E-state index contributed by atoms with van der Waals surface area (Å²) in [5.41, 5.74) is 8.47. The third-order valence-electron chi connectivity index (χ3n) is 7.01. The van der Waals surface area contributed by atoms with Crippen LogP contribution in [0.5, 0.6) is 0 Å². The molecule has 0 aliphatic carbocycles. The van der Waals surface area contributed by atoms with Gasteiger partial charge in [-0.05, 0) is 75.6 Å². The average Bonchev–Trinajstić information content (AvgIpc) is 3.24. The molecule has 0 bridgehead atoms. The summed E-state index contributed by atoms with van der Waals surface area (Å²) in [6, 6.07) is 20.3. The molecule has 2 aromatic carbocycles. The van der Waals surface area contributed by atoms with E-state index in [2.05, 4.69) is 41.0 Å². The summed E-state index contributed by atoms with van der Waals surface area (Å²) >= 11 is 0. The molecule has 0 fully saturated rings. The number of carbonyl (C=O) groups excluding carboxylic acids is 1. The SMILES string of the molecule is Cc1cc(C)c(CNC(=O)c2cc(-c3ccc(-c4ccccc4)nc3)cc3c2c(C)cn3C(C)C)c(=O)[nH]1. The van der Waals surface area contributed by atoms with Crippen LogP contribution in [0, 0.1) is 20.8 Å². The molecule has 3 aromatic heterocycles. The van der Waals surface area contributed by atoms with Gasteiger partial charge in [-0.2, -0.15) is 0 Å². The molecular weight excluding hydrogens is 472 g/mol. The van der Waals surface area contributed by atoms with Gasteiger partial charge in [0.15, 0.2) is 0 Å². The highest BCUT2D eigenvalue weighted by Crippen LogP contribution is 2.33. The minimum Gasteiger partial charge on any atom is -0.348 e. The van der Waals surface area contributed by atoms with Crippen molar-refractivity contribution >= 4 is 16.8 Å². The first-order chi connectivity index (χ1) is 18.2. The smallest absolute Gasteiger partial charge is 0.253 e. The van der Waals surface area contributed by atoms with E-state index in [0.717, 1.165) is 50.1 Å². The molecule has 38 heavy (non-hydrogen) atoms. The summed E-state index contributed by atoms with van der Waals surface area (Å²) in [6.45, 7) is 10.2. The lowest BCUT2D eigenvalue weighted by atomic mass is 9.98. The Morgan fingerprint density at radius 2 is 1.71 bits per heavy atom. The van der Waals surface area contributed by atoms with Crippen molar-refractivity contribution in [1.82, 2.24) is 19.9 Å². The maximum atomic E-state index is 13.6. The molecule has 0 unspecified atom stereocenters. The van der Waals surface area contributed by atoms with Gasteiger partial charge in [0.25, 0.3) is 11.5 Å². The van der Waals surface area contributed by atoms with Crippen molar-refractivity contribution in [2.24, 2.45) is 0 Å². The van der Waals surface area contributed by atoms with E-state index < -0.39 is 0 Å². The Morgan fingerprint density at radius 3 is 2.37 bits per heavy atom. The van der Waals surface area contributed by atoms with Crippen molar-refractivity contribution in [3.8, 4) is 22.4 Å². The van der Waals surface area contributed by atoms with Gasteiger partial charge in [-0.25, -0.2) is 0 Å².